The van der Waals surface area contributed by atoms with Crippen LogP contribution in [0.2, 0.25) is 0 Å². The molecule has 0 unspecified atom stereocenters. The summed E-state index contributed by atoms with van der Waals surface area (Å²) >= 11 is 1.34. The molecule has 0 aliphatic heterocycles. The molecule has 114 valence electrons. The lowest BCUT2D eigenvalue weighted by Crippen LogP contribution is -2.11. The third-order valence-electron chi connectivity index (χ3n) is 2.92. The van der Waals surface area contributed by atoms with Crippen LogP contribution in [0.5, 0.6) is 0 Å². The van der Waals surface area contributed by atoms with Gasteiger partial charge in [-0.15, -0.1) is 10.2 Å². The van der Waals surface area contributed by atoms with Crippen LogP contribution in [-0.4, -0.2) is 25.0 Å². The van der Waals surface area contributed by atoms with E-state index in [2.05, 4.69) is 20.3 Å². The molecule has 0 aliphatic carbocycles. The molecule has 9 heteroatoms. The fourth-order valence-corrected chi connectivity index (χ4v) is 2.48. The smallest absolute Gasteiger partial charge is 0.237 e. The van der Waals surface area contributed by atoms with Crippen LogP contribution in [0.15, 0.2) is 33.9 Å². The van der Waals surface area contributed by atoms with E-state index in [0.29, 0.717) is 34.0 Å². The molecule has 3 aromatic rings. The van der Waals surface area contributed by atoms with Crippen molar-refractivity contribution in [3.05, 3.63) is 41.8 Å². The second-order valence-electron chi connectivity index (χ2n) is 4.43. The van der Waals surface area contributed by atoms with Gasteiger partial charge in [-0.1, -0.05) is 23.8 Å². The number of halogens is 1. The van der Waals surface area contributed by atoms with Crippen LogP contribution < -0.4 is 5.84 Å². The predicted octanol–water partition coefficient (Wildman–Crippen LogP) is 2.04. The van der Waals surface area contributed by atoms with E-state index in [1.54, 1.807) is 12.1 Å². The Labute approximate surface area is 129 Å². The molecule has 22 heavy (non-hydrogen) atoms. The zero-order chi connectivity index (χ0) is 15.5. The maximum atomic E-state index is 12.9. The highest BCUT2D eigenvalue weighted by atomic mass is 32.2. The molecule has 0 fully saturated rings. The third kappa shape index (κ3) is 2.93. The number of aromatic nitrogens is 5. The minimum absolute atomic E-state index is 0.315. The molecule has 0 saturated heterocycles. The lowest BCUT2D eigenvalue weighted by Gasteiger charge is -2.02. The van der Waals surface area contributed by atoms with Crippen LogP contribution in [0.1, 0.15) is 18.6 Å². The van der Waals surface area contributed by atoms with E-state index in [1.165, 1.54) is 28.6 Å². The van der Waals surface area contributed by atoms with Gasteiger partial charge in [0.2, 0.25) is 11.0 Å². The number of nitrogen functional groups attached to an aromatic ring is 1. The van der Waals surface area contributed by atoms with E-state index in [0.717, 1.165) is 6.42 Å². The molecule has 0 aliphatic rings. The van der Waals surface area contributed by atoms with Gasteiger partial charge in [-0.05, 0) is 24.3 Å². The molecule has 0 atom stereocenters. The average Bonchev–Trinajstić information content (AvgIpc) is 3.13. The van der Waals surface area contributed by atoms with Crippen molar-refractivity contribution in [2.75, 3.05) is 5.84 Å². The van der Waals surface area contributed by atoms with E-state index in [1.807, 2.05) is 6.92 Å². The molecule has 2 aromatic heterocycles. The van der Waals surface area contributed by atoms with Gasteiger partial charge in [-0.2, -0.15) is 4.98 Å². The van der Waals surface area contributed by atoms with Crippen molar-refractivity contribution in [1.29, 1.82) is 0 Å². The quantitative estimate of drug-likeness (QED) is 0.567. The number of aryl methyl sites for hydroxylation is 1. The normalized spacial score (nSPS) is 11.0. The second kappa shape index (κ2) is 6.14. The van der Waals surface area contributed by atoms with E-state index in [-0.39, 0.29) is 5.82 Å². The maximum absolute atomic E-state index is 12.9. The predicted molar refractivity (Wildman–Crippen MR) is 78.8 cm³/mol. The lowest BCUT2D eigenvalue weighted by molar-refractivity contribution is 0.385. The first-order chi connectivity index (χ1) is 10.7. The highest BCUT2D eigenvalue weighted by molar-refractivity contribution is 7.98. The summed E-state index contributed by atoms with van der Waals surface area (Å²) in [5.74, 6) is 7.75. The number of benzene rings is 1. The molecule has 7 nitrogen and oxygen atoms in total. The first-order valence-corrected chi connectivity index (χ1v) is 7.56. The van der Waals surface area contributed by atoms with Crippen molar-refractivity contribution in [3.63, 3.8) is 0 Å². The van der Waals surface area contributed by atoms with Crippen LogP contribution in [0.25, 0.3) is 11.4 Å². The highest BCUT2D eigenvalue weighted by Gasteiger charge is 2.14. The molecule has 0 spiro atoms. The van der Waals surface area contributed by atoms with Gasteiger partial charge in [0.15, 0.2) is 11.6 Å². The fraction of sp³-hybridized carbons (Fsp3) is 0.231. The van der Waals surface area contributed by atoms with Gasteiger partial charge < -0.3 is 10.4 Å². The largest absolute Gasteiger partial charge is 0.338 e. The Morgan fingerprint density at radius 3 is 2.73 bits per heavy atom. The highest BCUT2D eigenvalue weighted by Crippen LogP contribution is 2.24. The molecule has 0 saturated carbocycles. The monoisotopic (exact) mass is 320 g/mol. The van der Waals surface area contributed by atoms with Gasteiger partial charge in [-0.3, -0.25) is 0 Å². The van der Waals surface area contributed by atoms with Crippen LogP contribution in [0, 0.1) is 5.82 Å². The standard InChI is InChI=1S/C13H13FN6OS/c1-2-10-16-11(21-19-10)7-22-13-18-17-12(20(13)15)8-3-5-9(14)6-4-8/h3-6H,2,7,15H2,1H3. The van der Waals surface area contributed by atoms with Gasteiger partial charge in [0.25, 0.3) is 0 Å². The summed E-state index contributed by atoms with van der Waals surface area (Å²) in [6.45, 7) is 1.95. The average molecular weight is 320 g/mol. The Hall–Kier alpha value is -2.42. The number of hydrogen-bond donors (Lipinski definition) is 1. The minimum atomic E-state index is -0.315. The molecular formula is C13H13FN6OS. The van der Waals surface area contributed by atoms with Crippen molar-refractivity contribution >= 4 is 11.8 Å². The summed E-state index contributed by atoms with van der Waals surface area (Å²) in [6, 6.07) is 5.90. The van der Waals surface area contributed by atoms with Crippen molar-refractivity contribution in [1.82, 2.24) is 25.0 Å². The SMILES string of the molecule is CCc1noc(CSc2nnc(-c3ccc(F)cc3)n2N)n1. The summed E-state index contributed by atoms with van der Waals surface area (Å²) in [6.07, 6.45) is 0.718. The Morgan fingerprint density at radius 2 is 2.05 bits per heavy atom. The lowest BCUT2D eigenvalue weighted by atomic mass is 10.2. The molecule has 3 rings (SSSR count). The van der Waals surface area contributed by atoms with Crippen molar-refractivity contribution in [2.24, 2.45) is 0 Å². The summed E-state index contributed by atoms with van der Waals surface area (Å²) in [5, 5.41) is 12.4. The van der Waals surface area contributed by atoms with Crippen LogP contribution in [-0.2, 0) is 12.2 Å². The molecule has 1 aromatic carbocycles. The molecule has 0 amide bonds. The van der Waals surface area contributed by atoms with E-state index < -0.39 is 0 Å². The summed E-state index contributed by atoms with van der Waals surface area (Å²) in [4.78, 5) is 4.21. The van der Waals surface area contributed by atoms with Crippen LogP contribution >= 0.6 is 11.8 Å². The van der Waals surface area contributed by atoms with Gasteiger partial charge in [0.1, 0.15) is 5.82 Å². The third-order valence-corrected chi connectivity index (χ3v) is 3.85. The number of thioether (sulfide) groups is 1. The van der Waals surface area contributed by atoms with Gasteiger partial charge in [0, 0.05) is 12.0 Å². The minimum Gasteiger partial charge on any atom is -0.338 e. The number of nitrogens with zero attached hydrogens (tertiary/aromatic N) is 5. The van der Waals surface area contributed by atoms with Gasteiger partial charge in [0.05, 0.1) is 5.75 Å². The Bertz CT molecular complexity index is 769. The van der Waals surface area contributed by atoms with Crippen molar-refractivity contribution < 1.29 is 8.91 Å². The Kier molecular flexibility index (Phi) is 4.05. The number of hydrogen-bond acceptors (Lipinski definition) is 7. The molecule has 0 radical (unpaired) electrons. The Balaban J connectivity index is 1.74. The number of rotatable bonds is 5. The summed E-state index contributed by atoms with van der Waals surface area (Å²) < 4.78 is 19.4. The zero-order valence-corrected chi connectivity index (χ0v) is 12.5. The summed E-state index contributed by atoms with van der Waals surface area (Å²) in [5.41, 5.74) is 0.689. The van der Waals surface area contributed by atoms with Crippen LogP contribution in [0.3, 0.4) is 0 Å². The topological polar surface area (TPSA) is 95.7 Å². The molecule has 2 heterocycles. The number of nitrogens with two attached hydrogens (primary N) is 1. The van der Waals surface area contributed by atoms with Crippen molar-refractivity contribution in [2.45, 2.75) is 24.3 Å². The molecule has 2 N–H and O–H groups in total. The first kappa shape index (κ1) is 14.5. The van der Waals surface area contributed by atoms with E-state index in [9.17, 15) is 4.39 Å². The van der Waals surface area contributed by atoms with E-state index >= 15 is 0 Å². The van der Waals surface area contributed by atoms with Crippen molar-refractivity contribution in [3.8, 4) is 11.4 Å². The fourth-order valence-electron chi connectivity index (χ4n) is 1.79. The molecular weight excluding hydrogens is 307 g/mol. The Morgan fingerprint density at radius 1 is 1.27 bits per heavy atom. The summed E-state index contributed by atoms with van der Waals surface area (Å²) in [7, 11) is 0. The first-order valence-electron chi connectivity index (χ1n) is 6.58. The maximum Gasteiger partial charge on any atom is 0.237 e. The zero-order valence-electron chi connectivity index (χ0n) is 11.7. The van der Waals surface area contributed by atoms with Crippen LogP contribution in [0.4, 0.5) is 4.39 Å². The van der Waals surface area contributed by atoms with Gasteiger partial charge in [-0.25, -0.2) is 9.07 Å². The molecule has 0 bridgehead atoms. The van der Waals surface area contributed by atoms with E-state index in [4.69, 9.17) is 10.4 Å². The second-order valence-corrected chi connectivity index (χ2v) is 5.37. The van der Waals surface area contributed by atoms with Gasteiger partial charge >= 0.3 is 0 Å².